The molecule has 200 valence electrons. The molecule has 8 nitrogen and oxygen atoms in total. The number of ether oxygens (including phenoxy) is 3. The Morgan fingerprint density at radius 1 is 1.06 bits per heavy atom. The van der Waals surface area contributed by atoms with E-state index in [1.54, 1.807) is 27.7 Å². The van der Waals surface area contributed by atoms with Crippen LogP contribution in [0.5, 0.6) is 0 Å². The molecule has 0 radical (unpaired) electrons. The molecule has 1 aromatic rings. The number of aliphatic hydroxyl groups is 1. The van der Waals surface area contributed by atoms with Gasteiger partial charge in [-0.05, 0) is 51.4 Å². The summed E-state index contributed by atoms with van der Waals surface area (Å²) in [6.45, 7) is 17.9. The maximum Gasteiger partial charge on any atom is 0.408 e. The highest BCUT2D eigenvalue weighted by Gasteiger charge is 2.39. The second-order valence-electron chi connectivity index (χ2n) is 11.2. The standard InChI is InChI=1S/C26H45NO7Si/c1-10-31-23(29)20(27-24(30)34-25(2,3)4)16-22(32-17-19-14-12-11-13-15-19)21(28)18-33-35(8,9)26(5,6)7/h11-15,20-22,28H,10,16-18H2,1-9H3,(H,27,30)/t20-,21-,22-/m0/s1. The molecule has 0 aromatic heterocycles. The molecule has 1 amide bonds. The van der Waals surface area contributed by atoms with Gasteiger partial charge < -0.3 is 29.1 Å². The number of aliphatic hydroxyl groups excluding tert-OH is 1. The first kappa shape index (κ1) is 31.1. The third-order valence-corrected chi connectivity index (χ3v) is 10.4. The van der Waals surface area contributed by atoms with Crippen molar-refractivity contribution in [2.75, 3.05) is 13.2 Å². The smallest absolute Gasteiger partial charge is 0.408 e. The van der Waals surface area contributed by atoms with Crippen molar-refractivity contribution in [2.24, 2.45) is 0 Å². The summed E-state index contributed by atoms with van der Waals surface area (Å²) in [7, 11) is -2.12. The molecule has 3 atom stereocenters. The van der Waals surface area contributed by atoms with Gasteiger partial charge in [0.25, 0.3) is 0 Å². The Morgan fingerprint density at radius 2 is 1.66 bits per heavy atom. The van der Waals surface area contributed by atoms with Gasteiger partial charge >= 0.3 is 12.1 Å². The molecule has 2 N–H and O–H groups in total. The molecule has 1 aromatic carbocycles. The second-order valence-corrected chi connectivity index (χ2v) is 16.0. The molecule has 0 unspecified atom stereocenters. The topological polar surface area (TPSA) is 103 Å². The number of esters is 1. The van der Waals surface area contributed by atoms with E-state index in [-0.39, 0.29) is 31.3 Å². The normalized spacial score (nSPS) is 15.1. The van der Waals surface area contributed by atoms with Gasteiger partial charge in [0.1, 0.15) is 17.7 Å². The number of hydrogen-bond donors (Lipinski definition) is 2. The first-order chi connectivity index (χ1) is 16.1. The number of carbonyl (C=O) groups is 2. The van der Waals surface area contributed by atoms with Crippen LogP contribution in [0, 0.1) is 0 Å². The second kappa shape index (κ2) is 13.4. The van der Waals surface area contributed by atoms with Crippen molar-refractivity contribution in [1.82, 2.24) is 5.32 Å². The molecular formula is C26H45NO7Si. The number of hydrogen-bond acceptors (Lipinski definition) is 7. The van der Waals surface area contributed by atoms with Crippen molar-refractivity contribution >= 4 is 20.4 Å². The van der Waals surface area contributed by atoms with Crippen molar-refractivity contribution in [3.63, 3.8) is 0 Å². The zero-order chi connectivity index (χ0) is 26.9. The number of benzene rings is 1. The van der Waals surface area contributed by atoms with Crippen LogP contribution in [0.3, 0.4) is 0 Å². The molecule has 0 aliphatic carbocycles. The van der Waals surface area contributed by atoms with Crippen LogP contribution in [0.4, 0.5) is 4.79 Å². The number of amides is 1. The van der Waals surface area contributed by atoms with Crippen molar-refractivity contribution < 1.29 is 33.3 Å². The highest BCUT2D eigenvalue weighted by Crippen LogP contribution is 2.36. The fourth-order valence-electron chi connectivity index (χ4n) is 2.87. The van der Waals surface area contributed by atoms with Crippen LogP contribution < -0.4 is 5.32 Å². The number of alkyl carbamates (subject to hydrolysis) is 1. The van der Waals surface area contributed by atoms with Gasteiger partial charge in [0, 0.05) is 6.42 Å². The summed E-state index contributed by atoms with van der Waals surface area (Å²) in [6, 6.07) is 8.47. The zero-order valence-electron chi connectivity index (χ0n) is 22.8. The summed E-state index contributed by atoms with van der Waals surface area (Å²) in [4.78, 5) is 25.1. The molecule has 1 rings (SSSR count). The Hall–Kier alpha value is -1.94. The molecule has 0 heterocycles. The van der Waals surface area contributed by atoms with Crippen LogP contribution >= 0.6 is 0 Å². The van der Waals surface area contributed by atoms with Crippen LogP contribution in [0.2, 0.25) is 18.1 Å². The van der Waals surface area contributed by atoms with Crippen molar-refractivity contribution in [2.45, 2.75) is 103 Å². The summed E-state index contributed by atoms with van der Waals surface area (Å²) in [5.41, 5.74) is 0.186. The zero-order valence-corrected chi connectivity index (χ0v) is 23.8. The van der Waals surface area contributed by atoms with E-state index >= 15 is 0 Å². The predicted molar refractivity (Wildman–Crippen MR) is 139 cm³/mol. The van der Waals surface area contributed by atoms with Gasteiger partial charge in [-0.2, -0.15) is 0 Å². The third kappa shape index (κ3) is 11.6. The number of nitrogens with one attached hydrogen (secondary N) is 1. The van der Waals surface area contributed by atoms with Gasteiger partial charge in [-0.3, -0.25) is 0 Å². The highest BCUT2D eigenvalue weighted by atomic mass is 28.4. The lowest BCUT2D eigenvalue weighted by molar-refractivity contribution is -0.148. The molecule has 0 saturated carbocycles. The highest BCUT2D eigenvalue weighted by molar-refractivity contribution is 6.74. The van der Waals surface area contributed by atoms with Crippen LogP contribution in [0.1, 0.15) is 60.5 Å². The van der Waals surface area contributed by atoms with E-state index in [1.807, 2.05) is 30.3 Å². The van der Waals surface area contributed by atoms with E-state index in [0.717, 1.165) is 5.56 Å². The van der Waals surface area contributed by atoms with Gasteiger partial charge in [-0.15, -0.1) is 0 Å². The number of carbonyl (C=O) groups excluding carboxylic acids is 2. The summed E-state index contributed by atoms with van der Waals surface area (Å²) in [5.74, 6) is -0.621. The summed E-state index contributed by atoms with van der Waals surface area (Å²) >= 11 is 0. The monoisotopic (exact) mass is 511 g/mol. The summed E-state index contributed by atoms with van der Waals surface area (Å²) < 4.78 is 22.8. The van der Waals surface area contributed by atoms with Crippen molar-refractivity contribution in [3.05, 3.63) is 35.9 Å². The van der Waals surface area contributed by atoms with Crippen LogP contribution in [-0.2, 0) is 30.0 Å². The average molecular weight is 512 g/mol. The van der Waals surface area contributed by atoms with E-state index in [2.05, 4.69) is 39.2 Å². The largest absolute Gasteiger partial charge is 0.464 e. The quantitative estimate of drug-likeness (QED) is 0.307. The van der Waals surface area contributed by atoms with E-state index in [0.29, 0.717) is 0 Å². The lowest BCUT2D eigenvalue weighted by Crippen LogP contribution is -2.49. The molecular weight excluding hydrogens is 466 g/mol. The molecule has 0 saturated heterocycles. The van der Waals surface area contributed by atoms with Crippen molar-refractivity contribution in [1.29, 1.82) is 0 Å². The Labute approximate surface area is 211 Å². The van der Waals surface area contributed by atoms with Gasteiger partial charge in [0.05, 0.1) is 25.9 Å². The minimum absolute atomic E-state index is 0.00701. The fraction of sp³-hybridized carbons (Fsp3) is 0.692. The van der Waals surface area contributed by atoms with E-state index in [1.165, 1.54) is 0 Å². The molecule has 0 bridgehead atoms. The first-order valence-corrected chi connectivity index (χ1v) is 15.1. The van der Waals surface area contributed by atoms with Gasteiger partial charge in [-0.25, -0.2) is 9.59 Å². The summed E-state index contributed by atoms with van der Waals surface area (Å²) in [6.07, 6.45) is -2.58. The predicted octanol–water partition coefficient (Wildman–Crippen LogP) is 4.80. The lowest BCUT2D eigenvalue weighted by atomic mass is 10.0. The SMILES string of the molecule is CCOC(=O)[C@H](C[C@H](OCc1ccccc1)[C@@H](O)CO[Si](C)(C)C(C)(C)C)NC(=O)OC(C)(C)C. The fourth-order valence-corrected chi connectivity index (χ4v) is 3.89. The lowest BCUT2D eigenvalue weighted by Gasteiger charge is -2.37. The average Bonchev–Trinajstić information content (AvgIpc) is 2.73. The minimum atomic E-state index is -2.12. The molecule has 9 heteroatoms. The summed E-state index contributed by atoms with van der Waals surface area (Å²) in [5, 5.41) is 13.6. The third-order valence-electron chi connectivity index (χ3n) is 5.89. The number of rotatable bonds is 12. The van der Waals surface area contributed by atoms with Crippen LogP contribution in [0.25, 0.3) is 0 Å². The van der Waals surface area contributed by atoms with Crippen LogP contribution in [0.15, 0.2) is 30.3 Å². The maximum absolute atomic E-state index is 12.7. The molecule has 0 spiro atoms. The van der Waals surface area contributed by atoms with Crippen LogP contribution in [-0.4, -0.2) is 62.6 Å². The molecule has 0 aliphatic rings. The van der Waals surface area contributed by atoms with E-state index in [9.17, 15) is 14.7 Å². The van der Waals surface area contributed by atoms with Crippen molar-refractivity contribution in [3.8, 4) is 0 Å². The van der Waals surface area contributed by atoms with E-state index < -0.39 is 44.2 Å². The molecule has 0 fully saturated rings. The molecule has 0 aliphatic heterocycles. The maximum atomic E-state index is 12.7. The molecule has 35 heavy (non-hydrogen) atoms. The van der Waals surface area contributed by atoms with Gasteiger partial charge in [0.2, 0.25) is 0 Å². The Kier molecular flexibility index (Phi) is 11.9. The Bertz CT molecular complexity index is 787. The van der Waals surface area contributed by atoms with Gasteiger partial charge in [-0.1, -0.05) is 51.1 Å². The Balaban J connectivity index is 3.06. The Morgan fingerprint density at radius 3 is 2.17 bits per heavy atom. The minimum Gasteiger partial charge on any atom is -0.464 e. The van der Waals surface area contributed by atoms with Gasteiger partial charge in [0.15, 0.2) is 8.32 Å². The van der Waals surface area contributed by atoms with E-state index in [4.69, 9.17) is 18.6 Å². The first-order valence-electron chi connectivity index (χ1n) is 12.2.